The van der Waals surface area contributed by atoms with Crippen molar-refractivity contribution < 1.29 is 18.7 Å². The molecule has 7 heteroatoms. The van der Waals surface area contributed by atoms with Crippen molar-refractivity contribution in [2.75, 3.05) is 13.2 Å². The van der Waals surface area contributed by atoms with Crippen LogP contribution in [0, 0.1) is 5.82 Å². The summed E-state index contributed by atoms with van der Waals surface area (Å²) in [5.74, 6) is -0.762. The van der Waals surface area contributed by atoms with Gasteiger partial charge in [-0.1, -0.05) is 0 Å². The Balaban J connectivity index is 1.89. The minimum Gasteiger partial charge on any atom is -0.377 e. The van der Waals surface area contributed by atoms with Gasteiger partial charge in [0, 0.05) is 23.3 Å². The number of nitrogens with zero attached hydrogens (tertiary/aromatic N) is 3. The molecule has 144 valence electrons. The topological polar surface area (TPSA) is 64.4 Å². The normalized spacial score (nSPS) is 19.8. The van der Waals surface area contributed by atoms with E-state index in [0.29, 0.717) is 30.0 Å². The second kappa shape index (κ2) is 7.16. The zero-order valence-corrected chi connectivity index (χ0v) is 15.6. The lowest BCUT2D eigenvalue weighted by Gasteiger charge is -2.39. The predicted molar refractivity (Wildman–Crippen MR) is 102 cm³/mol. The monoisotopic (exact) mass is 381 g/mol. The van der Waals surface area contributed by atoms with Gasteiger partial charge in [-0.05, 0) is 38.1 Å². The van der Waals surface area contributed by atoms with Crippen LogP contribution in [-0.4, -0.2) is 51.9 Å². The summed E-state index contributed by atoms with van der Waals surface area (Å²) in [5, 5.41) is 0.723. The van der Waals surface area contributed by atoms with Crippen LogP contribution in [0.5, 0.6) is 0 Å². The van der Waals surface area contributed by atoms with Crippen LogP contribution in [0.4, 0.5) is 4.39 Å². The summed E-state index contributed by atoms with van der Waals surface area (Å²) < 4.78 is 21.3. The van der Waals surface area contributed by atoms with Gasteiger partial charge in [0.05, 0.1) is 48.3 Å². The Bertz CT molecular complexity index is 1050. The molecule has 0 saturated carbocycles. The number of morpholine rings is 1. The Morgan fingerprint density at radius 2 is 2.00 bits per heavy atom. The van der Waals surface area contributed by atoms with Gasteiger partial charge in [-0.3, -0.25) is 14.6 Å². The van der Waals surface area contributed by atoms with Crippen molar-refractivity contribution in [3.8, 4) is 5.69 Å². The molecule has 3 heterocycles. The molecule has 2 atom stereocenters. The molecule has 1 fully saturated rings. The number of fused-ring (bicyclic) bond motifs is 1. The third-order valence-corrected chi connectivity index (χ3v) is 5.12. The molecule has 28 heavy (non-hydrogen) atoms. The van der Waals surface area contributed by atoms with Crippen LogP contribution in [0.1, 0.15) is 34.6 Å². The summed E-state index contributed by atoms with van der Waals surface area (Å²) in [6, 6.07) is 5.60. The Hall–Kier alpha value is -3.06. The number of amides is 1. The van der Waals surface area contributed by atoms with E-state index in [9.17, 15) is 14.0 Å². The maximum atomic E-state index is 14.1. The fourth-order valence-electron chi connectivity index (χ4n) is 3.83. The minimum atomic E-state index is -0.495. The number of hydrogen-bond donors (Lipinski definition) is 0. The first kappa shape index (κ1) is 18.3. The molecule has 0 unspecified atom stereocenters. The van der Waals surface area contributed by atoms with E-state index in [0.717, 1.165) is 11.7 Å². The highest BCUT2D eigenvalue weighted by molar-refractivity contribution is 6.01. The maximum Gasteiger partial charge on any atom is 0.256 e. The highest BCUT2D eigenvalue weighted by atomic mass is 19.1. The van der Waals surface area contributed by atoms with Crippen molar-refractivity contribution in [2.45, 2.75) is 25.9 Å². The zero-order valence-electron chi connectivity index (χ0n) is 15.6. The summed E-state index contributed by atoms with van der Waals surface area (Å²) in [4.78, 5) is 30.7. The predicted octanol–water partition coefficient (Wildman–Crippen LogP) is 3.23. The quantitative estimate of drug-likeness (QED) is 0.654. The number of hydrogen-bond acceptors (Lipinski definition) is 4. The van der Waals surface area contributed by atoms with Crippen molar-refractivity contribution >= 4 is 23.1 Å². The highest BCUT2D eigenvalue weighted by Gasteiger charge is 2.32. The van der Waals surface area contributed by atoms with Crippen molar-refractivity contribution in [1.82, 2.24) is 14.5 Å². The molecule has 1 saturated heterocycles. The molecule has 1 aromatic carbocycles. The minimum absolute atomic E-state index is 0.124. The van der Waals surface area contributed by atoms with E-state index in [1.807, 2.05) is 13.8 Å². The van der Waals surface area contributed by atoms with E-state index in [4.69, 9.17) is 4.74 Å². The first-order valence-corrected chi connectivity index (χ1v) is 9.12. The van der Waals surface area contributed by atoms with E-state index in [-0.39, 0.29) is 23.6 Å². The van der Waals surface area contributed by atoms with Gasteiger partial charge in [0.2, 0.25) is 0 Å². The Labute approximate surface area is 161 Å². The smallest absolute Gasteiger partial charge is 0.256 e. The second-order valence-electron chi connectivity index (χ2n) is 7.07. The Morgan fingerprint density at radius 1 is 1.25 bits per heavy atom. The lowest BCUT2D eigenvalue weighted by Crippen LogP contribution is -2.52. The van der Waals surface area contributed by atoms with E-state index in [1.165, 1.54) is 12.1 Å². The molecule has 1 amide bonds. The maximum absolute atomic E-state index is 14.1. The standard InChI is InChI=1S/C21H20FN3O3/c1-13-11-28-12-14(2)25(13)21(27)18-7-16(22)3-4-19(18)24-9-15(10-26)17-5-6-23-8-20(17)24/h3-10,13-14H,11-12H2,1-2H3/t13-,14-/m1/s1. The Morgan fingerprint density at radius 3 is 2.71 bits per heavy atom. The van der Waals surface area contributed by atoms with Crippen LogP contribution in [0.2, 0.25) is 0 Å². The SMILES string of the molecule is C[C@@H]1COC[C@@H](C)N1C(=O)c1cc(F)ccc1-n1cc(C=O)c2ccncc21. The van der Waals surface area contributed by atoms with Gasteiger partial charge in [0.1, 0.15) is 5.82 Å². The van der Waals surface area contributed by atoms with Gasteiger partial charge in [-0.2, -0.15) is 0 Å². The number of carbonyl (C=O) groups is 2. The largest absolute Gasteiger partial charge is 0.377 e. The lowest BCUT2D eigenvalue weighted by molar-refractivity contribution is -0.0249. The molecule has 4 rings (SSSR count). The molecular formula is C21H20FN3O3. The molecule has 6 nitrogen and oxygen atoms in total. The van der Waals surface area contributed by atoms with E-state index < -0.39 is 5.82 Å². The van der Waals surface area contributed by atoms with Gasteiger partial charge < -0.3 is 14.2 Å². The second-order valence-corrected chi connectivity index (χ2v) is 7.07. The van der Waals surface area contributed by atoms with Crippen LogP contribution in [-0.2, 0) is 4.74 Å². The summed E-state index contributed by atoms with van der Waals surface area (Å²) in [5.41, 5.74) is 1.89. The fraction of sp³-hybridized carbons (Fsp3) is 0.286. The third-order valence-electron chi connectivity index (χ3n) is 5.12. The number of aldehydes is 1. The summed E-state index contributed by atoms with van der Waals surface area (Å²) in [6.45, 7) is 4.69. The number of ether oxygens (including phenoxy) is 1. The van der Waals surface area contributed by atoms with Crippen LogP contribution in [0.3, 0.4) is 0 Å². The molecule has 1 aliphatic heterocycles. The molecule has 1 aliphatic rings. The highest BCUT2D eigenvalue weighted by Crippen LogP contribution is 2.28. The molecule has 0 bridgehead atoms. The summed E-state index contributed by atoms with van der Waals surface area (Å²) >= 11 is 0. The number of halogens is 1. The molecular weight excluding hydrogens is 361 g/mol. The van der Waals surface area contributed by atoms with E-state index in [2.05, 4.69) is 4.98 Å². The van der Waals surface area contributed by atoms with Crippen molar-refractivity contribution in [2.24, 2.45) is 0 Å². The molecule has 0 radical (unpaired) electrons. The molecule has 2 aromatic heterocycles. The van der Waals surface area contributed by atoms with Crippen molar-refractivity contribution in [1.29, 1.82) is 0 Å². The molecule has 0 aliphatic carbocycles. The number of pyridine rings is 1. The van der Waals surface area contributed by atoms with Gasteiger partial charge in [-0.15, -0.1) is 0 Å². The molecule has 0 N–H and O–H groups in total. The lowest BCUT2D eigenvalue weighted by atomic mass is 10.1. The van der Waals surface area contributed by atoms with Crippen molar-refractivity contribution in [3.05, 3.63) is 59.8 Å². The number of aromatic nitrogens is 2. The average molecular weight is 381 g/mol. The van der Waals surface area contributed by atoms with Gasteiger partial charge in [0.15, 0.2) is 6.29 Å². The van der Waals surface area contributed by atoms with E-state index in [1.54, 1.807) is 40.2 Å². The van der Waals surface area contributed by atoms with Crippen LogP contribution < -0.4 is 0 Å². The van der Waals surface area contributed by atoms with Crippen LogP contribution >= 0.6 is 0 Å². The van der Waals surface area contributed by atoms with Gasteiger partial charge >= 0.3 is 0 Å². The van der Waals surface area contributed by atoms with Gasteiger partial charge in [-0.25, -0.2) is 4.39 Å². The molecule has 0 spiro atoms. The Kier molecular flexibility index (Phi) is 4.68. The van der Waals surface area contributed by atoms with Crippen LogP contribution in [0.15, 0.2) is 42.9 Å². The number of carbonyl (C=O) groups excluding carboxylic acids is 2. The van der Waals surface area contributed by atoms with Gasteiger partial charge in [0.25, 0.3) is 5.91 Å². The first-order chi connectivity index (χ1) is 13.5. The van der Waals surface area contributed by atoms with Crippen molar-refractivity contribution in [3.63, 3.8) is 0 Å². The summed E-state index contributed by atoms with van der Waals surface area (Å²) in [7, 11) is 0. The average Bonchev–Trinajstić information content (AvgIpc) is 3.06. The fourth-order valence-corrected chi connectivity index (χ4v) is 3.83. The summed E-state index contributed by atoms with van der Waals surface area (Å²) in [6.07, 6.45) is 5.64. The third kappa shape index (κ3) is 2.97. The zero-order chi connectivity index (χ0) is 19.8. The van der Waals surface area contributed by atoms with Crippen LogP contribution in [0.25, 0.3) is 16.6 Å². The number of rotatable bonds is 3. The number of benzene rings is 1. The first-order valence-electron chi connectivity index (χ1n) is 9.12. The molecule has 3 aromatic rings. The van der Waals surface area contributed by atoms with E-state index >= 15 is 0 Å².